The lowest BCUT2D eigenvalue weighted by atomic mass is 10.1. The van der Waals surface area contributed by atoms with Crippen LogP contribution in [-0.2, 0) is 11.2 Å². The number of halogens is 1. The predicted octanol–water partition coefficient (Wildman–Crippen LogP) is 1.47. The van der Waals surface area contributed by atoms with Gasteiger partial charge in [0.2, 0.25) is 5.91 Å². The Labute approximate surface area is 181 Å². The van der Waals surface area contributed by atoms with Gasteiger partial charge in [-0.05, 0) is 25.5 Å². The van der Waals surface area contributed by atoms with Crippen LogP contribution in [0.4, 0.5) is 0 Å². The minimum Gasteiger partial charge on any atom is -0.357 e. The van der Waals surface area contributed by atoms with E-state index < -0.39 is 0 Å². The summed E-state index contributed by atoms with van der Waals surface area (Å²) in [6, 6.07) is 5.74. The molecule has 9 nitrogen and oxygen atoms in total. The Morgan fingerprint density at radius 3 is 3.00 bits per heavy atom. The van der Waals surface area contributed by atoms with Gasteiger partial charge in [-0.25, -0.2) is 0 Å². The van der Waals surface area contributed by atoms with Crippen LogP contribution in [0.2, 0.25) is 0 Å². The fourth-order valence-electron chi connectivity index (χ4n) is 2.86. The molecule has 10 heteroatoms. The lowest BCUT2D eigenvalue weighted by Gasteiger charge is -2.31. The number of likely N-dealkylation sites (tertiary alicyclic amines) is 1. The number of nitrogens with zero attached hydrogens (tertiary/aromatic N) is 5. The summed E-state index contributed by atoms with van der Waals surface area (Å²) in [5, 5.41) is 10.6. The van der Waals surface area contributed by atoms with Crippen LogP contribution in [0.1, 0.15) is 25.6 Å². The molecule has 28 heavy (non-hydrogen) atoms. The summed E-state index contributed by atoms with van der Waals surface area (Å²) in [7, 11) is 1.83. The maximum absolute atomic E-state index is 11.6. The molecule has 0 saturated carbocycles. The summed E-state index contributed by atoms with van der Waals surface area (Å²) in [5.41, 5.74) is 0.658. The largest absolute Gasteiger partial charge is 0.357 e. The number of piperidine rings is 1. The molecular weight excluding hydrogens is 473 g/mol. The first-order valence-corrected chi connectivity index (χ1v) is 9.18. The van der Waals surface area contributed by atoms with E-state index >= 15 is 0 Å². The van der Waals surface area contributed by atoms with E-state index in [1.165, 1.54) is 0 Å². The van der Waals surface area contributed by atoms with Gasteiger partial charge in [0.25, 0.3) is 5.89 Å². The number of pyridine rings is 1. The molecule has 3 heterocycles. The van der Waals surface area contributed by atoms with E-state index in [1.54, 1.807) is 11.1 Å². The molecule has 3 rings (SSSR count). The topological polar surface area (TPSA) is 109 Å². The van der Waals surface area contributed by atoms with Gasteiger partial charge in [0.05, 0.1) is 0 Å². The molecule has 0 bridgehead atoms. The van der Waals surface area contributed by atoms with Crippen LogP contribution < -0.4 is 10.6 Å². The second-order valence-corrected chi connectivity index (χ2v) is 6.40. The first-order valence-electron chi connectivity index (χ1n) is 9.18. The van der Waals surface area contributed by atoms with Crippen LogP contribution >= 0.6 is 24.0 Å². The second-order valence-electron chi connectivity index (χ2n) is 6.40. The minimum absolute atomic E-state index is 0. The van der Waals surface area contributed by atoms with Gasteiger partial charge >= 0.3 is 0 Å². The number of rotatable bonds is 6. The molecule has 0 aliphatic carbocycles. The number of likely N-dealkylation sites (N-methyl/N-ethyl adjacent to an activating group) is 1. The van der Waals surface area contributed by atoms with Crippen LogP contribution in [0.25, 0.3) is 11.6 Å². The quantitative estimate of drug-likeness (QED) is 0.352. The van der Waals surface area contributed by atoms with Crippen LogP contribution in [0.3, 0.4) is 0 Å². The van der Waals surface area contributed by atoms with Crippen molar-refractivity contribution in [3.63, 3.8) is 0 Å². The maximum atomic E-state index is 11.6. The van der Waals surface area contributed by atoms with E-state index in [9.17, 15) is 4.79 Å². The van der Waals surface area contributed by atoms with Crippen molar-refractivity contribution in [2.45, 2.75) is 32.2 Å². The number of hydrogen-bond donors (Lipinski definition) is 2. The standard InChI is InChI=1S/C18H25N7O2.HI/c1-3-19-18(22-13-7-8-16(26)25(2)12-13)21-11-9-15-23-17(27-24-15)14-6-4-5-10-20-14;/h4-6,10,13H,3,7-9,11-12H2,1-2H3,(H2,19,21,22);1H. The Morgan fingerprint density at radius 2 is 2.29 bits per heavy atom. The zero-order chi connectivity index (χ0) is 19.1. The van der Waals surface area contributed by atoms with E-state index in [1.807, 2.05) is 32.2 Å². The predicted molar refractivity (Wildman–Crippen MR) is 116 cm³/mol. The third kappa shape index (κ3) is 6.14. The lowest BCUT2D eigenvalue weighted by Crippen LogP contribution is -2.51. The third-order valence-corrected chi connectivity index (χ3v) is 4.27. The lowest BCUT2D eigenvalue weighted by molar-refractivity contribution is -0.132. The van der Waals surface area contributed by atoms with E-state index in [0.29, 0.717) is 43.3 Å². The van der Waals surface area contributed by atoms with Gasteiger partial charge in [-0.15, -0.1) is 24.0 Å². The number of carbonyl (C=O) groups is 1. The van der Waals surface area contributed by atoms with E-state index in [-0.39, 0.29) is 35.9 Å². The van der Waals surface area contributed by atoms with Crippen LogP contribution in [-0.4, -0.2) is 64.6 Å². The number of amides is 1. The molecule has 1 aliphatic rings. The van der Waals surface area contributed by atoms with Gasteiger partial charge < -0.3 is 20.1 Å². The van der Waals surface area contributed by atoms with Crippen molar-refractivity contribution < 1.29 is 9.32 Å². The number of aromatic nitrogens is 3. The van der Waals surface area contributed by atoms with Crippen LogP contribution in [0.5, 0.6) is 0 Å². The zero-order valence-electron chi connectivity index (χ0n) is 16.1. The molecule has 2 N–H and O–H groups in total. The summed E-state index contributed by atoms with van der Waals surface area (Å²) in [4.78, 5) is 26.5. The molecule has 1 atom stereocenters. The van der Waals surface area contributed by atoms with Crippen molar-refractivity contribution in [3.8, 4) is 11.6 Å². The maximum Gasteiger partial charge on any atom is 0.276 e. The molecule has 0 aromatic carbocycles. The summed E-state index contributed by atoms with van der Waals surface area (Å²) in [6.07, 6.45) is 3.63. The Bertz CT molecular complexity index is 781. The molecule has 1 saturated heterocycles. The van der Waals surface area contributed by atoms with E-state index in [2.05, 4.69) is 30.8 Å². The van der Waals surface area contributed by atoms with Crippen molar-refractivity contribution in [1.29, 1.82) is 0 Å². The first kappa shape index (κ1) is 22.1. The van der Waals surface area contributed by atoms with Crippen molar-refractivity contribution in [1.82, 2.24) is 30.7 Å². The number of hydrogen-bond acceptors (Lipinski definition) is 6. The number of guanidine groups is 1. The molecule has 2 aromatic heterocycles. The summed E-state index contributed by atoms with van der Waals surface area (Å²) in [6.45, 7) is 3.99. The summed E-state index contributed by atoms with van der Waals surface area (Å²) >= 11 is 0. The highest BCUT2D eigenvalue weighted by Gasteiger charge is 2.23. The van der Waals surface area contributed by atoms with Gasteiger partial charge in [0.15, 0.2) is 11.8 Å². The molecule has 0 spiro atoms. The average molecular weight is 499 g/mol. The monoisotopic (exact) mass is 499 g/mol. The van der Waals surface area contributed by atoms with E-state index in [0.717, 1.165) is 18.9 Å². The summed E-state index contributed by atoms with van der Waals surface area (Å²) in [5.74, 6) is 1.93. The highest BCUT2D eigenvalue weighted by molar-refractivity contribution is 14.0. The van der Waals surface area contributed by atoms with E-state index in [4.69, 9.17) is 4.52 Å². The van der Waals surface area contributed by atoms with Gasteiger partial charge in [-0.2, -0.15) is 4.98 Å². The Morgan fingerprint density at radius 1 is 1.43 bits per heavy atom. The highest BCUT2D eigenvalue weighted by atomic mass is 127. The van der Waals surface area contributed by atoms with Gasteiger partial charge in [-0.1, -0.05) is 11.2 Å². The van der Waals surface area contributed by atoms with Crippen LogP contribution in [0.15, 0.2) is 33.9 Å². The molecule has 152 valence electrons. The highest BCUT2D eigenvalue weighted by Crippen LogP contribution is 2.13. The van der Waals surface area contributed by atoms with Crippen LogP contribution in [0, 0.1) is 0 Å². The smallest absolute Gasteiger partial charge is 0.276 e. The van der Waals surface area contributed by atoms with Crippen molar-refractivity contribution in [3.05, 3.63) is 30.2 Å². The Kier molecular flexibility index (Phi) is 8.61. The molecular formula is C18H26IN7O2. The minimum atomic E-state index is 0. The zero-order valence-corrected chi connectivity index (χ0v) is 18.4. The molecule has 2 aromatic rings. The third-order valence-electron chi connectivity index (χ3n) is 4.27. The molecule has 1 amide bonds. The van der Waals surface area contributed by atoms with Crippen molar-refractivity contribution in [2.24, 2.45) is 4.99 Å². The van der Waals surface area contributed by atoms with Gasteiger partial charge in [-0.3, -0.25) is 14.8 Å². The molecule has 0 radical (unpaired) electrons. The first-order chi connectivity index (χ1) is 13.2. The molecule has 1 aliphatic heterocycles. The number of carbonyl (C=O) groups excluding carboxylic acids is 1. The second kappa shape index (κ2) is 10.9. The number of aliphatic imine (C=N–C) groups is 1. The number of nitrogens with one attached hydrogen (secondary N) is 2. The Balaban J connectivity index is 0.00000280. The molecule has 1 fully saturated rings. The normalized spacial score (nSPS) is 17.2. The fraction of sp³-hybridized carbons (Fsp3) is 0.500. The van der Waals surface area contributed by atoms with Gasteiger partial charge in [0, 0.05) is 51.8 Å². The van der Waals surface area contributed by atoms with Crippen molar-refractivity contribution in [2.75, 3.05) is 26.7 Å². The summed E-state index contributed by atoms with van der Waals surface area (Å²) < 4.78 is 5.26. The average Bonchev–Trinajstić information content (AvgIpc) is 3.14. The Hall–Kier alpha value is -2.24. The molecule has 1 unspecified atom stereocenters. The van der Waals surface area contributed by atoms with Crippen molar-refractivity contribution >= 4 is 35.8 Å². The van der Waals surface area contributed by atoms with Gasteiger partial charge in [0.1, 0.15) is 5.69 Å². The fourth-order valence-corrected chi connectivity index (χ4v) is 2.86. The SMILES string of the molecule is CCNC(=NCCc1noc(-c2ccccn2)n1)NC1CCC(=O)N(C)C1.I.